The van der Waals surface area contributed by atoms with Crippen LogP contribution in [0.3, 0.4) is 0 Å². The Labute approximate surface area is 380 Å². The van der Waals surface area contributed by atoms with Gasteiger partial charge in [0.05, 0.1) is 16.5 Å². The van der Waals surface area contributed by atoms with E-state index >= 15 is 0 Å². The monoisotopic (exact) mass is 825 g/mol. The predicted molar refractivity (Wildman–Crippen MR) is 271 cm³/mol. The molecule has 0 aromatic heterocycles. The molecular weight excluding hydrogens is 783 g/mol. The Hall–Kier alpha value is -8.26. The summed E-state index contributed by atoms with van der Waals surface area (Å²) < 4.78 is 0. The van der Waals surface area contributed by atoms with Gasteiger partial charge >= 0.3 is 0 Å². The average molecular weight is 826 g/mol. The fraction of sp³-hybridized carbons (Fsp3) is 0.0312. The Bertz CT molecular complexity index is 3590. The second-order valence-electron chi connectivity index (χ2n) is 17.5. The Morgan fingerprint density at radius 1 is 0.277 bits per heavy atom. The Balaban J connectivity index is 1.12. The molecule has 2 aliphatic rings. The fourth-order valence-electron chi connectivity index (χ4n) is 11.8. The first-order chi connectivity index (χ1) is 32.3. The highest BCUT2D eigenvalue weighted by molar-refractivity contribution is 6.14. The number of fused-ring (bicyclic) bond motifs is 8. The van der Waals surface area contributed by atoms with Crippen LogP contribution in [0.5, 0.6) is 0 Å². The van der Waals surface area contributed by atoms with Crippen molar-refractivity contribution in [3.8, 4) is 22.3 Å². The lowest BCUT2D eigenvalue weighted by molar-refractivity contribution is 0.627. The highest BCUT2D eigenvalue weighted by Crippen LogP contribution is 2.66. The van der Waals surface area contributed by atoms with Gasteiger partial charge in [-0.05, 0) is 113 Å². The topological polar surface area (TPSA) is 3.24 Å². The van der Waals surface area contributed by atoms with Crippen LogP contribution >= 0.6 is 0 Å². The van der Waals surface area contributed by atoms with E-state index in [0.717, 1.165) is 17.1 Å². The second-order valence-corrected chi connectivity index (χ2v) is 17.5. The van der Waals surface area contributed by atoms with E-state index < -0.39 is 10.8 Å². The van der Waals surface area contributed by atoms with Gasteiger partial charge in [-0.2, -0.15) is 0 Å². The summed E-state index contributed by atoms with van der Waals surface area (Å²) in [6.45, 7) is 0. The van der Waals surface area contributed by atoms with Crippen LogP contribution in [0.25, 0.3) is 43.8 Å². The van der Waals surface area contributed by atoms with Crippen LogP contribution in [0.2, 0.25) is 0 Å². The van der Waals surface area contributed by atoms with Crippen LogP contribution in [0, 0.1) is 0 Å². The van der Waals surface area contributed by atoms with Crippen molar-refractivity contribution >= 4 is 38.6 Å². The molecule has 2 unspecified atom stereocenters. The van der Waals surface area contributed by atoms with E-state index in [-0.39, 0.29) is 0 Å². The number of nitrogens with zero attached hydrogens (tertiary/aromatic N) is 1. The van der Waals surface area contributed by atoms with Crippen LogP contribution in [0.4, 0.5) is 17.1 Å². The summed E-state index contributed by atoms with van der Waals surface area (Å²) in [6, 6.07) is 97.3. The fourth-order valence-corrected chi connectivity index (χ4v) is 11.8. The third-order valence-electron chi connectivity index (χ3n) is 14.4. The molecule has 13 rings (SSSR count). The molecule has 0 radical (unpaired) electrons. The van der Waals surface area contributed by atoms with E-state index in [4.69, 9.17) is 0 Å². The van der Waals surface area contributed by atoms with Crippen molar-refractivity contribution in [3.63, 3.8) is 0 Å². The lowest BCUT2D eigenvalue weighted by Crippen LogP contribution is -2.44. The van der Waals surface area contributed by atoms with Gasteiger partial charge in [-0.3, -0.25) is 0 Å². The van der Waals surface area contributed by atoms with E-state index in [1.54, 1.807) is 0 Å². The van der Waals surface area contributed by atoms with Gasteiger partial charge < -0.3 is 4.90 Å². The zero-order valence-corrected chi connectivity index (χ0v) is 35.8. The van der Waals surface area contributed by atoms with Crippen molar-refractivity contribution in [1.82, 2.24) is 0 Å². The van der Waals surface area contributed by atoms with Crippen LogP contribution in [0.1, 0.15) is 44.5 Å². The lowest BCUT2D eigenvalue weighted by Gasteiger charge is -2.49. The molecule has 304 valence electrons. The molecule has 11 aromatic rings. The molecule has 1 heteroatoms. The van der Waals surface area contributed by atoms with Crippen molar-refractivity contribution in [2.24, 2.45) is 0 Å². The molecular formula is C64H43N. The van der Waals surface area contributed by atoms with Crippen molar-refractivity contribution in [1.29, 1.82) is 0 Å². The predicted octanol–water partition coefficient (Wildman–Crippen LogP) is 16.2. The number of rotatable bonds is 7. The molecule has 2 aliphatic carbocycles. The van der Waals surface area contributed by atoms with Gasteiger partial charge in [0.2, 0.25) is 0 Å². The molecule has 2 atom stereocenters. The van der Waals surface area contributed by atoms with Gasteiger partial charge in [0.25, 0.3) is 0 Å². The number of hydrogen-bond donors (Lipinski definition) is 0. The summed E-state index contributed by atoms with van der Waals surface area (Å²) in [5, 5.41) is 4.90. The molecule has 65 heavy (non-hydrogen) atoms. The van der Waals surface area contributed by atoms with Gasteiger partial charge in [-0.15, -0.1) is 0 Å². The zero-order chi connectivity index (χ0) is 43.0. The summed E-state index contributed by atoms with van der Waals surface area (Å²) in [5.74, 6) is 0. The minimum Gasteiger partial charge on any atom is -0.310 e. The first-order valence-electron chi connectivity index (χ1n) is 22.7. The number of benzene rings is 11. The summed E-state index contributed by atoms with van der Waals surface area (Å²) in [5.41, 5.74) is 17.5. The van der Waals surface area contributed by atoms with E-state index in [1.807, 2.05) is 0 Å². The van der Waals surface area contributed by atoms with Crippen LogP contribution in [-0.2, 0) is 10.8 Å². The van der Waals surface area contributed by atoms with Gasteiger partial charge in [0.1, 0.15) is 0 Å². The minimum absolute atomic E-state index is 0.507. The molecule has 0 saturated heterocycles. The van der Waals surface area contributed by atoms with Gasteiger partial charge in [-0.25, -0.2) is 0 Å². The van der Waals surface area contributed by atoms with Gasteiger partial charge in [0, 0.05) is 16.8 Å². The molecule has 0 heterocycles. The molecule has 0 N–H and O–H groups in total. The molecule has 0 amide bonds. The average Bonchev–Trinajstić information content (AvgIpc) is 3.70. The quantitative estimate of drug-likeness (QED) is 0.145. The third-order valence-corrected chi connectivity index (χ3v) is 14.4. The SMILES string of the molecule is c1ccc(-c2ccc(N(c3cccc(C4(c5ccccc5)c5ccccc5C5(c6ccccc6)c6ccccc6-c6cccc4c65)c3)c3cc4ccccc4c4ccccc34)cc2)cc1. The number of anilines is 3. The van der Waals surface area contributed by atoms with E-state index in [1.165, 1.54) is 88.3 Å². The second kappa shape index (κ2) is 14.7. The van der Waals surface area contributed by atoms with Crippen molar-refractivity contribution in [2.45, 2.75) is 10.8 Å². The van der Waals surface area contributed by atoms with Crippen molar-refractivity contribution < 1.29 is 0 Å². The first-order valence-corrected chi connectivity index (χ1v) is 22.7. The summed E-state index contributed by atoms with van der Waals surface area (Å²) >= 11 is 0. The van der Waals surface area contributed by atoms with Crippen LogP contribution < -0.4 is 4.90 Å². The highest BCUT2D eigenvalue weighted by Gasteiger charge is 2.57. The number of hydrogen-bond acceptors (Lipinski definition) is 1. The normalized spacial score (nSPS) is 16.7. The molecule has 11 aromatic carbocycles. The van der Waals surface area contributed by atoms with Crippen LogP contribution in [-0.4, -0.2) is 0 Å². The zero-order valence-electron chi connectivity index (χ0n) is 35.8. The molecule has 0 bridgehead atoms. The molecule has 0 saturated carbocycles. The van der Waals surface area contributed by atoms with Crippen molar-refractivity contribution in [2.75, 3.05) is 4.90 Å². The highest BCUT2D eigenvalue weighted by atomic mass is 15.1. The summed E-state index contributed by atoms with van der Waals surface area (Å²) in [6.07, 6.45) is 0. The molecule has 0 spiro atoms. The van der Waals surface area contributed by atoms with Crippen molar-refractivity contribution in [3.05, 3.63) is 305 Å². The van der Waals surface area contributed by atoms with Crippen LogP contribution in [0.15, 0.2) is 261 Å². The largest absolute Gasteiger partial charge is 0.310 e. The van der Waals surface area contributed by atoms with Gasteiger partial charge in [-0.1, -0.05) is 231 Å². The first kappa shape index (κ1) is 37.3. The minimum atomic E-state index is -0.673. The molecule has 1 nitrogen and oxygen atoms in total. The lowest BCUT2D eigenvalue weighted by atomic mass is 9.51. The summed E-state index contributed by atoms with van der Waals surface area (Å²) in [4.78, 5) is 2.49. The van der Waals surface area contributed by atoms with E-state index in [2.05, 4.69) is 266 Å². The standard InChI is InChI=1S/C64H43N/c1-4-20-44(21-5-1)45-38-40-50(41-39-45)65(61-42-46-22-10-11-29-52(46)53-30-12-13-32-55(53)61)51-28-18-27-49(43-51)63(47-23-6-2-7-24-47)58-35-16-17-36-59(58)64(48-25-8-3-9-26-48)57-34-15-14-31-54(57)56-33-19-37-60(63)62(56)64/h1-43H. The Morgan fingerprint density at radius 3 is 1.52 bits per heavy atom. The molecule has 0 fully saturated rings. The maximum Gasteiger partial charge on any atom is 0.0720 e. The Morgan fingerprint density at radius 2 is 0.785 bits per heavy atom. The smallest absolute Gasteiger partial charge is 0.0720 e. The third kappa shape index (κ3) is 5.33. The maximum atomic E-state index is 2.49. The molecule has 0 aliphatic heterocycles. The van der Waals surface area contributed by atoms with Gasteiger partial charge in [0.15, 0.2) is 0 Å². The maximum absolute atomic E-state index is 2.49. The summed E-state index contributed by atoms with van der Waals surface area (Å²) in [7, 11) is 0. The Kier molecular flexibility index (Phi) is 8.41. The van der Waals surface area contributed by atoms with E-state index in [0.29, 0.717) is 0 Å². The van der Waals surface area contributed by atoms with E-state index in [9.17, 15) is 0 Å².